The number of nitrogens with zero attached hydrogens (tertiary/aromatic N) is 2. The number of hydrogen-bond acceptors (Lipinski definition) is 4. The number of furan rings is 1. The molecule has 24 heavy (non-hydrogen) atoms. The molecule has 0 saturated carbocycles. The first-order valence-corrected chi connectivity index (χ1v) is 8.75. The molecule has 3 heterocycles. The van der Waals surface area contributed by atoms with E-state index < -0.39 is 0 Å². The van der Waals surface area contributed by atoms with Gasteiger partial charge in [-0.05, 0) is 62.3 Å². The monoisotopic (exact) mass is 341 g/mol. The van der Waals surface area contributed by atoms with Crippen molar-refractivity contribution in [3.63, 3.8) is 0 Å². The molecular weight excluding hydrogens is 322 g/mol. The van der Waals surface area contributed by atoms with Gasteiger partial charge >= 0.3 is 0 Å². The lowest BCUT2D eigenvalue weighted by molar-refractivity contribution is 0.225. The second-order valence-electron chi connectivity index (χ2n) is 6.18. The van der Waals surface area contributed by atoms with Crippen LogP contribution in [0.1, 0.15) is 24.6 Å². The van der Waals surface area contributed by atoms with E-state index in [0.29, 0.717) is 5.02 Å². The lowest BCUT2D eigenvalue weighted by atomic mass is 10.1. The number of hydrogen-bond donors (Lipinski definition) is 1. The summed E-state index contributed by atoms with van der Waals surface area (Å²) >= 11 is 6.07. The highest BCUT2D eigenvalue weighted by Crippen LogP contribution is 2.28. The molecule has 4 rings (SSSR count). The Morgan fingerprint density at radius 3 is 2.88 bits per heavy atom. The SMILES string of the molecule is Clc1ccc2c(NCC(c3ccco3)N3CCCC3)ccnc2c1. The standard InChI is InChI=1S/C19H20ClN3O/c20-14-5-6-15-16(7-8-21-17(15)12-14)22-13-18(19-4-3-11-24-19)23-9-1-2-10-23/h3-8,11-12,18H,1-2,9-10,13H2,(H,21,22). The van der Waals surface area contributed by atoms with Crippen LogP contribution in [-0.4, -0.2) is 29.5 Å². The van der Waals surface area contributed by atoms with Crippen molar-refractivity contribution in [2.75, 3.05) is 25.0 Å². The maximum atomic E-state index is 6.07. The second-order valence-corrected chi connectivity index (χ2v) is 6.61. The molecule has 1 unspecified atom stereocenters. The molecule has 0 amide bonds. The number of anilines is 1. The van der Waals surface area contributed by atoms with Crippen LogP contribution in [-0.2, 0) is 0 Å². The molecule has 1 saturated heterocycles. The first-order chi connectivity index (χ1) is 11.8. The van der Waals surface area contributed by atoms with Gasteiger partial charge in [0.05, 0.1) is 17.8 Å². The molecule has 1 aliphatic heterocycles. The van der Waals surface area contributed by atoms with E-state index in [0.717, 1.165) is 42.0 Å². The van der Waals surface area contributed by atoms with Crippen LogP contribution in [0.15, 0.2) is 53.3 Å². The lowest BCUT2D eigenvalue weighted by Crippen LogP contribution is -2.30. The highest BCUT2D eigenvalue weighted by atomic mass is 35.5. The molecule has 1 N–H and O–H groups in total. The van der Waals surface area contributed by atoms with Crippen molar-refractivity contribution in [2.45, 2.75) is 18.9 Å². The fourth-order valence-corrected chi connectivity index (χ4v) is 3.59. The molecule has 1 aromatic carbocycles. The topological polar surface area (TPSA) is 41.3 Å². The zero-order chi connectivity index (χ0) is 16.4. The first-order valence-electron chi connectivity index (χ1n) is 8.37. The molecule has 1 aliphatic rings. The number of pyridine rings is 1. The molecule has 1 atom stereocenters. The number of halogens is 1. The van der Waals surface area contributed by atoms with Crippen LogP contribution in [0.5, 0.6) is 0 Å². The molecule has 3 aromatic rings. The normalized spacial score (nSPS) is 16.5. The molecule has 4 nitrogen and oxygen atoms in total. The lowest BCUT2D eigenvalue weighted by Gasteiger charge is -2.26. The Bertz CT molecular complexity index is 813. The molecule has 1 fully saturated rings. The highest BCUT2D eigenvalue weighted by Gasteiger charge is 2.25. The van der Waals surface area contributed by atoms with E-state index in [2.05, 4.69) is 21.3 Å². The third-order valence-electron chi connectivity index (χ3n) is 4.64. The van der Waals surface area contributed by atoms with Crippen LogP contribution in [0, 0.1) is 0 Å². The summed E-state index contributed by atoms with van der Waals surface area (Å²) in [6.07, 6.45) is 6.09. The van der Waals surface area contributed by atoms with Gasteiger partial charge in [0.1, 0.15) is 5.76 Å². The van der Waals surface area contributed by atoms with Crippen molar-refractivity contribution in [3.8, 4) is 0 Å². The van der Waals surface area contributed by atoms with Gasteiger partial charge in [-0.2, -0.15) is 0 Å². The van der Waals surface area contributed by atoms with Crippen molar-refractivity contribution in [3.05, 3.63) is 59.6 Å². The largest absolute Gasteiger partial charge is 0.468 e. The van der Waals surface area contributed by atoms with Gasteiger partial charge in [0, 0.05) is 28.8 Å². The van der Waals surface area contributed by atoms with E-state index in [9.17, 15) is 0 Å². The van der Waals surface area contributed by atoms with Crippen molar-refractivity contribution in [2.24, 2.45) is 0 Å². The Labute approximate surface area is 146 Å². The number of rotatable bonds is 5. The smallest absolute Gasteiger partial charge is 0.122 e. The highest BCUT2D eigenvalue weighted by molar-refractivity contribution is 6.31. The van der Waals surface area contributed by atoms with Gasteiger partial charge in [-0.3, -0.25) is 9.88 Å². The molecule has 2 aromatic heterocycles. The van der Waals surface area contributed by atoms with Crippen LogP contribution in [0.3, 0.4) is 0 Å². The summed E-state index contributed by atoms with van der Waals surface area (Å²) in [7, 11) is 0. The van der Waals surface area contributed by atoms with Crippen LogP contribution >= 0.6 is 11.6 Å². The Hall–Kier alpha value is -2.04. The van der Waals surface area contributed by atoms with E-state index >= 15 is 0 Å². The van der Waals surface area contributed by atoms with E-state index in [1.807, 2.05) is 36.5 Å². The predicted molar refractivity (Wildman–Crippen MR) is 97.5 cm³/mol. The van der Waals surface area contributed by atoms with E-state index in [1.54, 1.807) is 6.26 Å². The average molecular weight is 342 g/mol. The summed E-state index contributed by atoms with van der Waals surface area (Å²) in [5, 5.41) is 5.38. The zero-order valence-electron chi connectivity index (χ0n) is 13.4. The van der Waals surface area contributed by atoms with Crippen LogP contribution < -0.4 is 5.32 Å². The molecule has 0 spiro atoms. The van der Waals surface area contributed by atoms with Crippen molar-refractivity contribution in [1.29, 1.82) is 0 Å². The summed E-state index contributed by atoms with van der Waals surface area (Å²) in [4.78, 5) is 6.90. The summed E-state index contributed by atoms with van der Waals surface area (Å²) < 4.78 is 5.69. The maximum Gasteiger partial charge on any atom is 0.122 e. The van der Waals surface area contributed by atoms with Gasteiger partial charge in [0.25, 0.3) is 0 Å². The van der Waals surface area contributed by atoms with Gasteiger partial charge < -0.3 is 9.73 Å². The fourth-order valence-electron chi connectivity index (χ4n) is 3.43. The van der Waals surface area contributed by atoms with E-state index in [4.69, 9.17) is 16.0 Å². The molecule has 0 bridgehead atoms. The number of benzene rings is 1. The average Bonchev–Trinajstić information content (AvgIpc) is 3.29. The maximum absolute atomic E-state index is 6.07. The Morgan fingerprint density at radius 1 is 1.21 bits per heavy atom. The number of fused-ring (bicyclic) bond motifs is 1. The summed E-state index contributed by atoms with van der Waals surface area (Å²) in [5.41, 5.74) is 1.98. The van der Waals surface area contributed by atoms with E-state index in [-0.39, 0.29) is 6.04 Å². The van der Waals surface area contributed by atoms with Crippen molar-refractivity contribution < 1.29 is 4.42 Å². The molecule has 5 heteroatoms. The van der Waals surface area contributed by atoms with Gasteiger partial charge in [0.2, 0.25) is 0 Å². The number of nitrogens with one attached hydrogen (secondary N) is 1. The van der Waals surface area contributed by atoms with Gasteiger partial charge in [-0.25, -0.2) is 0 Å². The van der Waals surface area contributed by atoms with Crippen LogP contribution in [0.4, 0.5) is 5.69 Å². The minimum atomic E-state index is 0.248. The minimum absolute atomic E-state index is 0.248. The number of likely N-dealkylation sites (tertiary alicyclic amines) is 1. The van der Waals surface area contributed by atoms with Gasteiger partial charge in [-0.15, -0.1) is 0 Å². The minimum Gasteiger partial charge on any atom is -0.468 e. The van der Waals surface area contributed by atoms with Crippen molar-refractivity contribution >= 4 is 28.2 Å². The first kappa shape index (κ1) is 15.5. The second kappa shape index (κ2) is 6.83. The summed E-state index contributed by atoms with van der Waals surface area (Å²) in [6, 6.07) is 12.1. The Kier molecular flexibility index (Phi) is 4.41. The van der Waals surface area contributed by atoms with Gasteiger partial charge in [0.15, 0.2) is 0 Å². The predicted octanol–water partition coefficient (Wildman–Crippen LogP) is 4.73. The summed E-state index contributed by atoms with van der Waals surface area (Å²) in [6.45, 7) is 3.05. The zero-order valence-corrected chi connectivity index (χ0v) is 14.2. The molecule has 124 valence electrons. The van der Waals surface area contributed by atoms with Crippen LogP contribution in [0.25, 0.3) is 10.9 Å². The molecule has 0 aliphatic carbocycles. The molecular formula is C19H20ClN3O. The third-order valence-corrected chi connectivity index (χ3v) is 4.88. The third kappa shape index (κ3) is 3.12. The quantitative estimate of drug-likeness (QED) is 0.728. The van der Waals surface area contributed by atoms with Gasteiger partial charge in [-0.1, -0.05) is 11.6 Å². The van der Waals surface area contributed by atoms with Crippen LogP contribution in [0.2, 0.25) is 5.02 Å². The fraction of sp³-hybridized carbons (Fsp3) is 0.316. The molecule has 0 radical (unpaired) electrons. The van der Waals surface area contributed by atoms with E-state index in [1.165, 1.54) is 12.8 Å². The number of aromatic nitrogens is 1. The summed E-state index contributed by atoms with van der Waals surface area (Å²) in [5.74, 6) is 1.02. The van der Waals surface area contributed by atoms with Crippen molar-refractivity contribution in [1.82, 2.24) is 9.88 Å². The Balaban J connectivity index is 1.58. The Morgan fingerprint density at radius 2 is 2.08 bits per heavy atom.